The second kappa shape index (κ2) is 3.99. The molecule has 1 aliphatic rings. The lowest BCUT2D eigenvalue weighted by Crippen LogP contribution is -2.30. The first-order chi connectivity index (χ1) is 6.48. The Morgan fingerprint density at radius 1 is 1.57 bits per heavy atom. The van der Waals surface area contributed by atoms with Crippen molar-refractivity contribution in [1.29, 1.82) is 0 Å². The minimum absolute atomic E-state index is 0.119. The van der Waals surface area contributed by atoms with Crippen LogP contribution in [-0.2, 0) is 9.53 Å². The number of esters is 1. The fourth-order valence-corrected chi connectivity index (χ4v) is 2.04. The highest BCUT2D eigenvalue weighted by Crippen LogP contribution is 2.34. The van der Waals surface area contributed by atoms with E-state index >= 15 is 0 Å². The SMILES string of the molecule is CCOC(=O)C1(C)C=C(C)C=C(C)C1. The topological polar surface area (TPSA) is 26.3 Å². The van der Waals surface area contributed by atoms with E-state index in [2.05, 4.69) is 6.08 Å². The lowest BCUT2D eigenvalue weighted by atomic mass is 9.78. The van der Waals surface area contributed by atoms with Crippen LogP contribution in [-0.4, -0.2) is 12.6 Å². The molecule has 1 unspecified atom stereocenters. The molecule has 0 aromatic rings. The van der Waals surface area contributed by atoms with Gasteiger partial charge in [-0.15, -0.1) is 0 Å². The quantitative estimate of drug-likeness (QED) is 0.632. The van der Waals surface area contributed by atoms with E-state index in [9.17, 15) is 4.79 Å². The molecule has 1 aliphatic carbocycles. The first-order valence-electron chi connectivity index (χ1n) is 5.02. The third-order valence-electron chi connectivity index (χ3n) is 2.41. The lowest BCUT2D eigenvalue weighted by molar-refractivity contribution is -0.151. The van der Waals surface area contributed by atoms with E-state index in [1.54, 1.807) is 0 Å². The Hall–Kier alpha value is -1.05. The molecule has 0 N–H and O–H groups in total. The van der Waals surface area contributed by atoms with Crippen molar-refractivity contribution in [2.45, 2.75) is 34.1 Å². The second-order valence-corrected chi connectivity index (χ2v) is 4.19. The molecular weight excluding hydrogens is 176 g/mol. The Balaban J connectivity index is 2.87. The third kappa shape index (κ3) is 2.25. The van der Waals surface area contributed by atoms with Gasteiger partial charge in [-0.3, -0.25) is 4.79 Å². The molecule has 78 valence electrons. The smallest absolute Gasteiger partial charge is 0.315 e. The zero-order valence-electron chi connectivity index (χ0n) is 9.39. The van der Waals surface area contributed by atoms with Crippen LogP contribution < -0.4 is 0 Å². The maximum Gasteiger partial charge on any atom is 0.315 e. The monoisotopic (exact) mass is 194 g/mol. The highest BCUT2D eigenvalue weighted by Gasteiger charge is 2.34. The Labute approximate surface area is 85.6 Å². The van der Waals surface area contributed by atoms with Crippen LogP contribution in [0.25, 0.3) is 0 Å². The van der Waals surface area contributed by atoms with E-state index in [-0.39, 0.29) is 5.97 Å². The van der Waals surface area contributed by atoms with Gasteiger partial charge in [0.2, 0.25) is 0 Å². The van der Waals surface area contributed by atoms with Crippen molar-refractivity contribution in [3.63, 3.8) is 0 Å². The Kier molecular flexibility index (Phi) is 3.14. The number of allylic oxidation sites excluding steroid dienone is 3. The summed E-state index contributed by atoms with van der Waals surface area (Å²) in [5.41, 5.74) is 1.92. The summed E-state index contributed by atoms with van der Waals surface area (Å²) in [6.07, 6.45) is 4.88. The Morgan fingerprint density at radius 3 is 2.71 bits per heavy atom. The van der Waals surface area contributed by atoms with Crippen molar-refractivity contribution in [2.75, 3.05) is 6.61 Å². The second-order valence-electron chi connectivity index (χ2n) is 4.19. The molecule has 2 heteroatoms. The summed E-state index contributed by atoms with van der Waals surface area (Å²) in [6, 6.07) is 0. The summed E-state index contributed by atoms with van der Waals surface area (Å²) < 4.78 is 5.07. The van der Waals surface area contributed by atoms with Crippen molar-refractivity contribution >= 4 is 5.97 Å². The van der Waals surface area contributed by atoms with E-state index in [1.165, 1.54) is 5.57 Å². The average Bonchev–Trinajstić information content (AvgIpc) is 2.01. The van der Waals surface area contributed by atoms with E-state index < -0.39 is 5.41 Å². The number of rotatable bonds is 2. The number of carbonyl (C=O) groups excluding carboxylic acids is 1. The third-order valence-corrected chi connectivity index (χ3v) is 2.41. The molecule has 0 radical (unpaired) electrons. The zero-order valence-corrected chi connectivity index (χ0v) is 9.39. The van der Waals surface area contributed by atoms with E-state index in [4.69, 9.17) is 4.74 Å². The standard InChI is InChI=1S/C12H18O2/c1-5-14-11(13)12(4)7-9(2)6-10(3)8-12/h6-7H,5,8H2,1-4H3. The minimum atomic E-state index is -0.459. The van der Waals surface area contributed by atoms with Crippen molar-refractivity contribution in [3.05, 3.63) is 23.3 Å². The molecule has 0 saturated heterocycles. The fourth-order valence-electron chi connectivity index (χ4n) is 2.04. The van der Waals surface area contributed by atoms with Gasteiger partial charge in [-0.2, -0.15) is 0 Å². The van der Waals surface area contributed by atoms with Gasteiger partial charge in [0.05, 0.1) is 12.0 Å². The van der Waals surface area contributed by atoms with Gasteiger partial charge in [0.25, 0.3) is 0 Å². The summed E-state index contributed by atoms with van der Waals surface area (Å²) in [4.78, 5) is 11.7. The molecule has 1 atom stereocenters. The predicted molar refractivity (Wildman–Crippen MR) is 56.9 cm³/mol. The molecule has 0 fully saturated rings. The minimum Gasteiger partial charge on any atom is -0.465 e. The summed E-state index contributed by atoms with van der Waals surface area (Å²) in [7, 11) is 0. The van der Waals surface area contributed by atoms with Gasteiger partial charge in [0.15, 0.2) is 0 Å². The van der Waals surface area contributed by atoms with Crippen molar-refractivity contribution < 1.29 is 9.53 Å². The molecule has 1 rings (SSSR count). The van der Waals surface area contributed by atoms with Crippen molar-refractivity contribution in [2.24, 2.45) is 5.41 Å². The van der Waals surface area contributed by atoms with Gasteiger partial charge < -0.3 is 4.74 Å². The summed E-state index contributed by atoms with van der Waals surface area (Å²) in [5, 5.41) is 0. The van der Waals surface area contributed by atoms with Gasteiger partial charge >= 0.3 is 5.97 Å². The van der Waals surface area contributed by atoms with Crippen LogP contribution in [0.5, 0.6) is 0 Å². The number of hydrogen-bond donors (Lipinski definition) is 0. The van der Waals surface area contributed by atoms with Crippen molar-refractivity contribution in [1.82, 2.24) is 0 Å². The molecule has 14 heavy (non-hydrogen) atoms. The molecule has 0 saturated carbocycles. The van der Waals surface area contributed by atoms with Gasteiger partial charge in [-0.25, -0.2) is 0 Å². The van der Waals surface area contributed by atoms with Gasteiger partial charge in [-0.05, 0) is 34.1 Å². The summed E-state index contributed by atoms with van der Waals surface area (Å²) in [5.74, 6) is -0.119. The molecular formula is C12H18O2. The molecule has 2 nitrogen and oxygen atoms in total. The van der Waals surface area contributed by atoms with Crippen LogP contribution in [0.1, 0.15) is 34.1 Å². The van der Waals surface area contributed by atoms with E-state index in [1.807, 2.05) is 33.8 Å². The maximum absolute atomic E-state index is 11.7. The molecule has 0 aromatic heterocycles. The molecule has 0 bridgehead atoms. The van der Waals surface area contributed by atoms with Crippen LogP contribution in [0.4, 0.5) is 0 Å². The van der Waals surface area contributed by atoms with Crippen molar-refractivity contribution in [3.8, 4) is 0 Å². The highest BCUT2D eigenvalue weighted by molar-refractivity contribution is 5.80. The average molecular weight is 194 g/mol. The Bertz CT molecular complexity index is 299. The maximum atomic E-state index is 11.7. The van der Waals surface area contributed by atoms with Crippen LogP contribution in [0.2, 0.25) is 0 Å². The van der Waals surface area contributed by atoms with Crippen LogP contribution in [0, 0.1) is 5.41 Å². The Morgan fingerprint density at radius 2 is 2.21 bits per heavy atom. The molecule has 0 aliphatic heterocycles. The fraction of sp³-hybridized carbons (Fsp3) is 0.583. The number of ether oxygens (including phenoxy) is 1. The normalized spacial score (nSPS) is 26.6. The molecule has 0 spiro atoms. The zero-order chi connectivity index (χ0) is 10.8. The van der Waals surface area contributed by atoms with Crippen LogP contribution in [0.15, 0.2) is 23.3 Å². The largest absolute Gasteiger partial charge is 0.465 e. The van der Waals surface area contributed by atoms with Crippen LogP contribution >= 0.6 is 0 Å². The predicted octanol–water partition coefficient (Wildman–Crippen LogP) is 2.85. The highest BCUT2D eigenvalue weighted by atomic mass is 16.5. The first kappa shape index (κ1) is 11.0. The van der Waals surface area contributed by atoms with Crippen LogP contribution in [0.3, 0.4) is 0 Å². The lowest BCUT2D eigenvalue weighted by Gasteiger charge is -2.27. The number of carbonyl (C=O) groups is 1. The number of hydrogen-bond acceptors (Lipinski definition) is 2. The van der Waals surface area contributed by atoms with E-state index in [0.717, 1.165) is 12.0 Å². The molecule has 0 amide bonds. The van der Waals surface area contributed by atoms with Gasteiger partial charge in [0.1, 0.15) is 0 Å². The van der Waals surface area contributed by atoms with E-state index in [0.29, 0.717) is 6.61 Å². The van der Waals surface area contributed by atoms with Gasteiger partial charge in [0, 0.05) is 0 Å². The summed E-state index contributed by atoms with van der Waals surface area (Å²) >= 11 is 0. The summed E-state index contributed by atoms with van der Waals surface area (Å²) in [6.45, 7) is 8.28. The molecule has 0 heterocycles. The first-order valence-corrected chi connectivity index (χ1v) is 5.02. The van der Waals surface area contributed by atoms with Gasteiger partial charge in [-0.1, -0.05) is 23.3 Å². The molecule has 0 aromatic carbocycles.